The lowest BCUT2D eigenvalue weighted by molar-refractivity contribution is 1.46. The van der Waals surface area contributed by atoms with Crippen LogP contribution in [0.1, 0.15) is 5.56 Å². The zero-order valence-electron chi connectivity index (χ0n) is 8.80. The van der Waals surface area contributed by atoms with E-state index in [0.717, 1.165) is 16.7 Å². The summed E-state index contributed by atoms with van der Waals surface area (Å²) < 4.78 is 0. The third kappa shape index (κ3) is 2.16. The fourth-order valence-corrected chi connectivity index (χ4v) is 1.95. The highest BCUT2D eigenvalue weighted by Gasteiger charge is 2.06. The third-order valence-corrected chi connectivity index (χ3v) is 3.08. The highest BCUT2D eigenvalue weighted by molar-refractivity contribution is 6.33. The lowest BCUT2D eigenvalue weighted by atomic mass is 10.0. The van der Waals surface area contributed by atoms with Crippen molar-refractivity contribution in [3.63, 3.8) is 0 Å². The highest BCUT2D eigenvalue weighted by atomic mass is 35.5. The third-order valence-electron chi connectivity index (χ3n) is 2.51. The number of hydrogen-bond acceptors (Lipinski definition) is 1. The van der Waals surface area contributed by atoms with E-state index >= 15 is 0 Å². The molecule has 0 bridgehead atoms. The first kappa shape index (κ1) is 11.3. The van der Waals surface area contributed by atoms with Crippen LogP contribution in [0.2, 0.25) is 10.0 Å². The lowest BCUT2D eigenvalue weighted by Crippen LogP contribution is -1.91. The Morgan fingerprint density at radius 3 is 2.25 bits per heavy atom. The number of halogens is 2. The van der Waals surface area contributed by atoms with E-state index in [1.807, 2.05) is 37.3 Å². The Hall–Kier alpha value is -1.18. The van der Waals surface area contributed by atoms with Gasteiger partial charge in [0.25, 0.3) is 0 Å². The molecule has 82 valence electrons. The maximum absolute atomic E-state index is 6.16. The van der Waals surface area contributed by atoms with Crippen LogP contribution >= 0.6 is 23.2 Å². The molecule has 0 saturated heterocycles. The van der Waals surface area contributed by atoms with Gasteiger partial charge in [-0.2, -0.15) is 0 Å². The van der Waals surface area contributed by atoms with Crippen LogP contribution in [-0.2, 0) is 0 Å². The zero-order valence-corrected chi connectivity index (χ0v) is 10.3. The molecule has 0 spiro atoms. The minimum atomic E-state index is 0.658. The van der Waals surface area contributed by atoms with Gasteiger partial charge in [0.1, 0.15) is 0 Å². The van der Waals surface area contributed by atoms with Gasteiger partial charge < -0.3 is 5.73 Å². The largest absolute Gasteiger partial charge is 0.398 e. The molecule has 2 aromatic rings. The summed E-state index contributed by atoms with van der Waals surface area (Å²) in [5, 5.41) is 1.37. The number of nitrogen functional groups attached to an aromatic ring is 1. The van der Waals surface area contributed by atoms with Gasteiger partial charge in [-0.05, 0) is 42.3 Å². The normalized spacial score (nSPS) is 10.4. The number of aryl methyl sites for hydroxylation is 1. The Bertz CT molecular complexity index is 518. The van der Waals surface area contributed by atoms with Gasteiger partial charge in [0.2, 0.25) is 0 Å². The number of nitrogens with two attached hydrogens (primary N) is 1. The van der Waals surface area contributed by atoms with Gasteiger partial charge in [0.05, 0.1) is 5.02 Å². The van der Waals surface area contributed by atoms with Crippen LogP contribution in [0.15, 0.2) is 36.4 Å². The summed E-state index contributed by atoms with van der Waals surface area (Å²) in [5.41, 5.74) is 9.54. The quantitative estimate of drug-likeness (QED) is 0.740. The molecule has 0 heterocycles. The van der Waals surface area contributed by atoms with Crippen molar-refractivity contribution in [3.05, 3.63) is 52.0 Å². The second-order valence-corrected chi connectivity index (χ2v) is 4.54. The molecule has 0 aliphatic carbocycles. The van der Waals surface area contributed by atoms with E-state index in [1.165, 1.54) is 0 Å². The molecule has 0 aliphatic heterocycles. The van der Waals surface area contributed by atoms with Crippen molar-refractivity contribution in [3.8, 4) is 11.1 Å². The van der Waals surface area contributed by atoms with Crippen molar-refractivity contribution in [2.24, 2.45) is 0 Å². The first-order valence-electron chi connectivity index (χ1n) is 4.89. The number of benzene rings is 2. The summed E-state index contributed by atoms with van der Waals surface area (Å²) in [4.78, 5) is 0. The smallest absolute Gasteiger partial charge is 0.0505 e. The van der Waals surface area contributed by atoms with Crippen LogP contribution in [0.25, 0.3) is 11.1 Å². The van der Waals surface area contributed by atoms with Crippen molar-refractivity contribution in [1.29, 1.82) is 0 Å². The van der Waals surface area contributed by atoms with Crippen LogP contribution in [0, 0.1) is 6.92 Å². The number of hydrogen-bond donors (Lipinski definition) is 1. The average molecular weight is 252 g/mol. The molecule has 1 nitrogen and oxygen atoms in total. The van der Waals surface area contributed by atoms with Crippen molar-refractivity contribution < 1.29 is 0 Å². The Labute approximate surface area is 105 Å². The summed E-state index contributed by atoms with van der Waals surface area (Å²) in [7, 11) is 0. The lowest BCUT2D eigenvalue weighted by Gasteiger charge is -2.08. The van der Waals surface area contributed by atoms with E-state index in [2.05, 4.69) is 0 Å². The van der Waals surface area contributed by atoms with Crippen molar-refractivity contribution in [1.82, 2.24) is 0 Å². The molecule has 0 atom stereocenters. The summed E-state index contributed by atoms with van der Waals surface area (Å²) in [6, 6.07) is 11.3. The molecule has 0 amide bonds. The van der Waals surface area contributed by atoms with Crippen LogP contribution in [0.5, 0.6) is 0 Å². The van der Waals surface area contributed by atoms with Gasteiger partial charge in [0, 0.05) is 16.3 Å². The first-order valence-corrected chi connectivity index (χ1v) is 5.65. The van der Waals surface area contributed by atoms with E-state index in [9.17, 15) is 0 Å². The number of rotatable bonds is 1. The van der Waals surface area contributed by atoms with Crippen LogP contribution < -0.4 is 5.73 Å². The molecule has 3 heteroatoms. The molecule has 0 fully saturated rings. The Balaban J connectivity index is 2.56. The van der Waals surface area contributed by atoms with Crippen molar-refractivity contribution in [2.75, 3.05) is 5.73 Å². The number of anilines is 1. The van der Waals surface area contributed by atoms with E-state index < -0.39 is 0 Å². The van der Waals surface area contributed by atoms with E-state index in [0.29, 0.717) is 15.7 Å². The fraction of sp³-hybridized carbons (Fsp3) is 0.0769. The second kappa shape index (κ2) is 4.36. The van der Waals surface area contributed by atoms with Crippen molar-refractivity contribution in [2.45, 2.75) is 6.92 Å². The molecule has 16 heavy (non-hydrogen) atoms. The van der Waals surface area contributed by atoms with Crippen molar-refractivity contribution >= 4 is 28.9 Å². The molecular weight excluding hydrogens is 241 g/mol. The molecule has 2 aromatic carbocycles. The maximum atomic E-state index is 6.16. The Morgan fingerprint density at radius 2 is 1.62 bits per heavy atom. The monoisotopic (exact) mass is 251 g/mol. The predicted octanol–water partition coefficient (Wildman–Crippen LogP) is 4.55. The van der Waals surface area contributed by atoms with E-state index in [-0.39, 0.29) is 0 Å². The second-order valence-electron chi connectivity index (χ2n) is 3.70. The van der Waals surface area contributed by atoms with Gasteiger partial charge in [-0.1, -0.05) is 35.3 Å². The van der Waals surface area contributed by atoms with E-state index in [4.69, 9.17) is 28.9 Å². The highest BCUT2D eigenvalue weighted by Crippen LogP contribution is 2.32. The first-order chi connectivity index (χ1) is 7.58. The minimum Gasteiger partial charge on any atom is -0.398 e. The summed E-state index contributed by atoms with van der Waals surface area (Å²) >= 11 is 12.0. The SMILES string of the molecule is Cc1cc(-c2ccc(Cl)cc2)c(Cl)cc1N. The molecular formula is C13H11Cl2N. The Kier molecular flexibility index (Phi) is 3.08. The minimum absolute atomic E-state index is 0.658. The van der Waals surface area contributed by atoms with E-state index in [1.54, 1.807) is 6.07 Å². The molecule has 0 unspecified atom stereocenters. The van der Waals surface area contributed by atoms with Crippen LogP contribution in [0.3, 0.4) is 0 Å². The standard InChI is InChI=1S/C13H11Cl2N/c1-8-6-11(12(15)7-13(8)16)9-2-4-10(14)5-3-9/h2-7H,16H2,1H3. The predicted molar refractivity (Wildman–Crippen MR) is 71.0 cm³/mol. The molecule has 2 rings (SSSR count). The molecule has 0 radical (unpaired) electrons. The Morgan fingerprint density at radius 1 is 1.00 bits per heavy atom. The maximum Gasteiger partial charge on any atom is 0.0505 e. The fourth-order valence-electron chi connectivity index (χ4n) is 1.55. The topological polar surface area (TPSA) is 26.0 Å². The summed E-state index contributed by atoms with van der Waals surface area (Å²) in [6.07, 6.45) is 0. The van der Waals surface area contributed by atoms with Crippen LogP contribution in [0.4, 0.5) is 5.69 Å². The molecule has 0 aliphatic rings. The molecule has 0 aromatic heterocycles. The van der Waals surface area contributed by atoms with Gasteiger partial charge in [-0.25, -0.2) is 0 Å². The van der Waals surface area contributed by atoms with Gasteiger partial charge in [-0.15, -0.1) is 0 Å². The molecule has 2 N–H and O–H groups in total. The summed E-state index contributed by atoms with van der Waals surface area (Å²) in [5.74, 6) is 0. The van der Waals surface area contributed by atoms with Gasteiger partial charge in [-0.3, -0.25) is 0 Å². The van der Waals surface area contributed by atoms with Gasteiger partial charge >= 0.3 is 0 Å². The molecule has 0 saturated carbocycles. The zero-order chi connectivity index (χ0) is 11.7. The van der Waals surface area contributed by atoms with Gasteiger partial charge in [0.15, 0.2) is 0 Å². The van der Waals surface area contributed by atoms with Crippen LogP contribution in [-0.4, -0.2) is 0 Å². The summed E-state index contributed by atoms with van der Waals surface area (Å²) in [6.45, 7) is 1.96. The average Bonchev–Trinajstić information content (AvgIpc) is 2.25.